The van der Waals surface area contributed by atoms with E-state index in [9.17, 15) is 4.79 Å². The van der Waals surface area contributed by atoms with E-state index in [0.717, 1.165) is 6.42 Å². The van der Waals surface area contributed by atoms with Crippen LogP contribution in [0.4, 0.5) is 0 Å². The number of hydrogen-bond acceptors (Lipinski definition) is 3. The Balaban J connectivity index is 2.95. The molecule has 16 heavy (non-hydrogen) atoms. The van der Waals surface area contributed by atoms with Crippen molar-refractivity contribution in [1.82, 2.24) is 0 Å². The van der Waals surface area contributed by atoms with Gasteiger partial charge in [-0.15, -0.1) is 0 Å². The summed E-state index contributed by atoms with van der Waals surface area (Å²) in [4.78, 5) is 11.1. The Kier molecular flexibility index (Phi) is 4.79. The number of benzene rings is 1. The molecule has 0 saturated carbocycles. The number of para-hydroxylation sites is 1. The summed E-state index contributed by atoms with van der Waals surface area (Å²) in [6, 6.07) is 6.98. The van der Waals surface area contributed by atoms with Gasteiger partial charge in [-0.25, -0.2) is 4.79 Å². The van der Waals surface area contributed by atoms with Gasteiger partial charge in [-0.2, -0.15) is 0 Å². The van der Waals surface area contributed by atoms with E-state index < -0.39 is 12.1 Å². The smallest absolute Gasteiger partial charge is 0.337 e. The van der Waals surface area contributed by atoms with Crippen LogP contribution in [0, 0.1) is 0 Å². The van der Waals surface area contributed by atoms with Gasteiger partial charge in [-0.05, 0) is 12.5 Å². The molecule has 0 amide bonds. The van der Waals surface area contributed by atoms with Gasteiger partial charge in [-0.3, -0.25) is 0 Å². The van der Waals surface area contributed by atoms with Crippen molar-refractivity contribution < 1.29 is 19.4 Å². The van der Waals surface area contributed by atoms with Crippen LogP contribution in [-0.4, -0.2) is 24.8 Å². The third-order valence-corrected chi connectivity index (χ3v) is 2.13. The Bertz CT molecular complexity index is 349. The molecule has 1 rings (SSSR count). The number of carboxylic acids is 1. The molecule has 88 valence electrons. The lowest BCUT2D eigenvalue weighted by Gasteiger charge is -2.16. The maximum absolute atomic E-state index is 11.1. The maximum atomic E-state index is 11.1. The summed E-state index contributed by atoms with van der Waals surface area (Å²) >= 11 is 0. The van der Waals surface area contributed by atoms with E-state index in [-0.39, 0.29) is 0 Å². The SMILES string of the molecule is CCCOC(C(=O)O)c1ccccc1OC. The van der Waals surface area contributed by atoms with E-state index in [1.165, 1.54) is 7.11 Å². The summed E-state index contributed by atoms with van der Waals surface area (Å²) in [5.41, 5.74) is 0.547. The van der Waals surface area contributed by atoms with Crippen molar-refractivity contribution in [3.8, 4) is 5.75 Å². The minimum absolute atomic E-state index is 0.412. The summed E-state index contributed by atoms with van der Waals surface area (Å²) in [6.45, 7) is 2.34. The minimum atomic E-state index is -1.00. The summed E-state index contributed by atoms with van der Waals surface area (Å²) in [5.74, 6) is -0.469. The fourth-order valence-electron chi connectivity index (χ4n) is 1.41. The minimum Gasteiger partial charge on any atom is -0.496 e. The van der Waals surface area contributed by atoms with Crippen LogP contribution in [0.25, 0.3) is 0 Å². The van der Waals surface area contributed by atoms with E-state index in [4.69, 9.17) is 14.6 Å². The van der Waals surface area contributed by atoms with Crippen molar-refractivity contribution in [3.63, 3.8) is 0 Å². The highest BCUT2D eigenvalue weighted by Gasteiger charge is 2.23. The van der Waals surface area contributed by atoms with Crippen molar-refractivity contribution in [2.24, 2.45) is 0 Å². The Hall–Kier alpha value is -1.55. The molecule has 4 heteroatoms. The molecule has 1 atom stereocenters. The van der Waals surface area contributed by atoms with Crippen molar-refractivity contribution in [2.45, 2.75) is 19.4 Å². The van der Waals surface area contributed by atoms with Crippen LogP contribution in [0.2, 0.25) is 0 Å². The first-order valence-electron chi connectivity index (χ1n) is 5.18. The lowest BCUT2D eigenvalue weighted by Crippen LogP contribution is -2.16. The predicted molar refractivity (Wildman–Crippen MR) is 59.6 cm³/mol. The highest BCUT2D eigenvalue weighted by molar-refractivity contribution is 5.75. The van der Waals surface area contributed by atoms with Gasteiger partial charge in [0, 0.05) is 12.2 Å². The zero-order chi connectivity index (χ0) is 12.0. The van der Waals surface area contributed by atoms with Crippen molar-refractivity contribution in [3.05, 3.63) is 29.8 Å². The molecule has 0 aliphatic rings. The number of rotatable bonds is 6. The summed E-state index contributed by atoms with van der Waals surface area (Å²) in [5, 5.41) is 9.09. The number of hydrogen-bond donors (Lipinski definition) is 1. The van der Waals surface area contributed by atoms with Gasteiger partial charge >= 0.3 is 5.97 Å². The highest BCUT2D eigenvalue weighted by atomic mass is 16.5. The van der Waals surface area contributed by atoms with E-state index in [1.807, 2.05) is 6.92 Å². The number of carbonyl (C=O) groups is 1. The second kappa shape index (κ2) is 6.12. The second-order valence-corrected chi connectivity index (χ2v) is 3.33. The fraction of sp³-hybridized carbons (Fsp3) is 0.417. The monoisotopic (exact) mass is 224 g/mol. The Labute approximate surface area is 94.8 Å². The predicted octanol–water partition coefficient (Wildman–Crippen LogP) is 2.25. The first-order chi connectivity index (χ1) is 7.70. The van der Waals surface area contributed by atoms with Gasteiger partial charge in [0.25, 0.3) is 0 Å². The Morgan fingerprint density at radius 1 is 1.44 bits per heavy atom. The van der Waals surface area contributed by atoms with Crippen molar-refractivity contribution >= 4 is 5.97 Å². The average molecular weight is 224 g/mol. The molecule has 4 nitrogen and oxygen atoms in total. The molecule has 1 unspecified atom stereocenters. The molecule has 0 aliphatic heterocycles. The second-order valence-electron chi connectivity index (χ2n) is 3.33. The molecule has 0 spiro atoms. The first kappa shape index (κ1) is 12.5. The van der Waals surface area contributed by atoms with Gasteiger partial charge in [0.15, 0.2) is 6.10 Å². The van der Waals surface area contributed by atoms with Gasteiger partial charge in [-0.1, -0.05) is 25.1 Å². The molecule has 0 aromatic heterocycles. The van der Waals surface area contributed by atoms with Crippen LogP contribution in [0.3, 0.4) is 0 Å². The van der Waals surface area contributed by atoms with Crippen LogP contribution in [0.1, 0.15) is 25.0 Å². The molecule has 0 radical (unpaired) electrons. The molecular weight excluding hydrogens is 208 g/mol. The molecule has 0 bridgehead atoms. The largest absolute Gasteiger partial charge is 0.496 e. The van der Waals surface area contributed by atoms with E-state index in [1.54, 1.807) is 24.3 Å². The zero-order valence-corrected chi connectivity index (χ0v) is 9.47. The van der Waals surface area contributed by atoms with Gasteiger partial charge in [0.2, 0.25) is 0 Å². The topological polar surface area (TPSA) is 55.8 Å². The quantitative estimate of drug-likeness (QED) is 0.805. The molecule has 1 aromatic carbocycles. The first-order valence-corrected chi connectivity index (χ1v) is 5.18. The van der Waals surface area contributed by atoms with Gasteiger partial charge in [0.05, 0.1) is 7.11 Å². The number of ether oxygens (including phenoxy) is 2. The molecular formula is C12H16O4. The molecule has 0 heterocycles. The van der Waals surface area contributed by atoms with E-state index in [0.29, 0.717) is 17.9 Å². The van der Waals surface area contributed by atoms with Crippen molar-refractivity contribution in [2.75, 3.05) is 13.7 Å². The third-order valence-electron chi connectivity index (χ3n) is 2.13. The van der Waals surface area contributed by atoms with Crippen molar-refractivity contribution in [1.29, 1.82) is 0 Å². The number of methoxy groups -OCH3 is 1. The van der Waals surface area contributed by atoms with E-state index >= 15 is 0 Å². The Morgan fingerprint density at radius 3 is 2.69 bits per heavy atom. The molecule has 1 aromatic rings. The lowest BCUT2D eigenvalue weighted by atomic mass is 10.1. The van der Waals surface area contributed by atoms with E-state index in [2.05, 4.69) is 0 Å². The summed E-state index contributed by atoms with van der Waals surface area (Å²) in [6.07, 6.45) is -0.185. The fourth-order valence-corrected chi connectivity index (χ4v) is 1.41. The standard InChI is InChI=1S/C12H16O4/c1-3-8-16-11(12(13)14)9-6-4-5-7-10(9)15-2/h4-7,11H,3,8H2,1-2H3,(H,13,14). The molecule has 0 fully saturated rings. The van der Waals surface area contributed by atoms with Crippen LogP contribution in [0.5, 0.6) is 5.75 Å². The average Bonchev–Trinajstić information content (AvgIpc) is 2.29. The molecule has 0 saturated heterocycles. The van der Waals surface area contributed by atoms with Crippen LogP contribution in [-0.2, 0) is 9.53 Å². The lowest BCUT2D eigenvalue weighted by molar-refractivity contribution is -0.151. The highest BCUT2D eigenvalue weighted by Crippen LogP contribution is 2.27. The number of carboxylic acid groups (broad SMARTS) is 1. The Morgan fingerprint density at radius 2 is 2.12 bits per heavy atom. The third kappa shape index (κ3) is 2.97. The molecule has 0 aliphatic carbocycles. The van der Waals surface area contributed by atoms with Crippen LogP contribution in [0.15, 0.2) is 24.3 Å². The zero-order valence-electron chi connectivity index (χ0n) is 9.47. The summed E-state index contributed by atoms with van der Waals surface area (Å²) in [7, 11) is 1.51. The van der Waals surface area contributed by atoms with Gasteiger partial charge < -0.3 is 14.6 Å². The van der Waals surface area contributed by atoms with Gasteiger partial charge in [0.1, 0.15) is 5.75 Å². The molecule has 1 N–H and O–H groups in total. The normalized spacial score (nSPS) is 12.1. The van der Waals surface area contributed by atoms with Crippen LogP contribution < -0.4 is 4.74 Å². The summed E-state index contributed by atoms with van der Waals surface area (Å²) < 4.78 is 10.4. The maximum Gasteiger partial charge on any atom is 0.337 e. The van der Waals surface area contributed by atoms with Crippen LogP contribution >= 0.6 is 0 Å². The number of aliphatic carboxylic acids is 1.